The zero-order valence-electron chi connectivity index (χ0n) is 50.5. The Morgan fingerprint density at radius 1 is 0.495 bits per heavy atom. The summed E-state index contributed by atoms with van der Waals surface area (Å²) in [5, 5.41) is 65.2. The van der Waals surface area contributed by atoms with Crippen molar-refractivity contribution in [2.45, 2.75) is 138 Å². The number of thiol groups is 2. The maximum Gasteiger partial charge on any atom is 0.326 e. The summed E-state index contributed by atoms with van der Waals surface area (Å²) in [6.07, 6.45) is 0.126. The van der Waals surface area contributed by atoms with Gasteiger partial charge in [0.25, 0.3) is 0 Å². The third kappa shape index (κ3) is 32.1. The normalized spacial score (nSPS) is 14.5. The number of benzene rings is 1. The second kappa shape index (κ2) is 44.0. The standard InChI is InChI=1S/C53H89N19O17S2/c1-3-27(2)41(55)50(87)72-37(26-91)49(86)68-33(20-40(77)78)43(80)63-22-39(76)65-32(19-28-11-5-4-6-12-28)45(82)69-34(23-73)46(83)70-35(24-74)47(84)71-36(25-90)48(85)66-29(14-9-17-60-52(56)57)42(79)62-21-38(75)64-30(13-7-8-16-54)44(81)67-31(51(88)89)15-10-18-61-53(58)59/h4-6,11-12,27,29-37,41,73-74,90-91H,3,7-10,13-26,54-55H2,1-2H3,(H,62,79)(H,63,80)(H,64,75)(H,65,76)(H,66,85)(H,67,81)(H,68,86)(H,69,82)(H,70,83)(H,71,84)(H,72,87)(H,77,78)(H,88,89)(H4,56,57,60)(H4,58,59,61)/t27-,29-,30-,31-,32-,33-,34-,35-,36-,37-,41-/m0/s1. The molecule has 36 nitrogen and oxygen atoms in total. The van der Waals surface area contributed by atoms with Crippen LogP contribution in [0.1, 0.15) is 77.2 Å². The zero-order valence-corrected chi connectivity index (χ0v) is 52.3. The van der Waals surface area contributed by atoms with Gasteiger partial charge in [0.15, 0.2) is 11.9 Å². The maximum absolute atomic E-state index is 13.8. The molecule has 0 aromatic heterocycles. The Morgan fingerprint density at radius 3 is 1.33 bits per heavy atom. The molecule has 1 aromatic carbocycles. The fourth-order valence-electron chi connectivity index (χ4n) is 8.00. The zero-order chi connectivity index (χ0) is 68.8. The molecule has 1 rings (SSSR count). The Hall–Kier alpha value is -8.59. The van der Waals surface area contributed by atoms with E-state index in [1.165, 1.54) is 0 Å². The number of hydrogen-bond acceptors (Lipinski definition) is 21. The number of nitrogens with two attached hydrogens (primary N) is 6. The molecule has 38 heteroatoms. The van der Waals surface area contributed by atoms with Crippen molar-refractivity contribution in [3.63, 3.8) is 0 Å². The first-order chi connectivity index (χ1) is 43.0. The van der Waals surface area contributed by atoms with Gasteiger partial charge in [0.05, 0.1) is 38.8 Å². The fraction of sp³-hybridized carbons (Fsp3) is 0.604. The molecular formula is C53H89N19O17S2. The van der Waals surface area contributed by atoms with Crippen molar-refractivity contribution in [3.8, 4) is 0 Å². The van der Waals surface area contributed by atoms with Crippen LogP contribution in [-0.2, 0) is 68.7 Å². The summed E-state index contributed by atoms with van der Waals surface area (Å²) in [5.74, 6) is -15.6. The first-order valence-electron chi connectivity index (χ1n) is 28.8. The van der Waals surface area contributed by atoms with E-state index < -0.39 is 176 Å². The van der Waals surface area contributed by atoms with Gasteiger partial charge < -0.3 is 113 Å². The van der Waals surface area contributed by atoms with Crippen molar-refractivity contribution in [2.75, 3.05) is 57.4 Å². The molecule has 0 radical (unpaired) electrons. The molecule has 11 atom stereocenters. The minimum absolute atomic E-state index is 0.0275. The number of nitrogens with one attached hydrogen (secondary N) is 11. The predicted octanol–water partition coefficient (Wildman–Crippen LogP) is -9.16. The number of carbonyl (C=O) groups is 13. The molecule has 0 bridgehead atoms. The molecule has 0 heterocycles. The summed E-state index contributed by atoms with van der Waals surface area (Å²) in [4.78, 5) is 179. The number of aliphatic carboxylic acids is 2. The van der Waals surface area contributed by atoms with E-state index in [-0.39, 0.29) is 81.7 Å². The Morgan fingerprint density at radius 2 is 0.879 bits per heavy atom. The highest BCUT2D eigenvalue weighted by Gasteiger charge is 2.35. The van der Waals surface area contributed by atoms with Gasteiger partial charge >= 0.3 is 11.9 Å². The smallest absolute Gasteiger partial charge is 0.326 e. The lowest BCUT2D eigenvalue weighted by Gasteiger charge is -2.26. The van der Waals surface area contributed by atoms with E-state index in [1.807, 2.05) is 0 Å². The van der Waals surface area contributed by atoms with E-state index >= 15 is 0 Å². The van der Waals surface area contributed by atoms with E-state index in [2.05, 4.69) is 93.7 Å². The van der Waals surface area contributed by atoms with Crippen LogP contribution in [0.4, 0.5) is 0 Å². The van der Waals surface area contributed by atoms with Crippen molar-refractivity contribution in [1.82, 2.24) is 58.5 Å². The van der Waals surface area contributed by atoms with Crippen LogP contribution < -0.4 is 92.9 Å². The Labute approximate surface area is 535 Å². The monoisotopic (exact) mass is 1330 g/mol. The molecule has 0 fully saturated rings. The van der Waals surface area contributed by atoms with E-state index in [0.717, 1.165) is 0 Å². The third-order valence-corrected chi connectivity index (χ3v) is 14.1. The molecule has 0 spiro atoms. The lowest BCUT2D eigenvalue weighted by atomic mass is 9.99. The number of carboxylic acids is 2. The molecular weight excluding hydrogens is 1240 g/mol. The summed E-state index contributed by atoms with van der Waals surface area (Å²) >= 11 is 8.22. The van der Waals surface area contributed by atoms with Gasteiger partial charge in [0.1, 0.15) is 54.4 Å². The summed E-state index contributed by atoms with van der Waals surface area (Å²) in [6, 6.07) is -7.16. The summed E-state index contributed by atoms with van der Waals surface area (Å²) in [7, 11) is 0. The van der Waals surface area contributed by atoms with Crippen LogP contribution >= 0.6 is 25.3 Å². The molecule has 0 aliphatic heterocycles. The molecule has 510 valence electrons. The van der Waals surface area contributed by atoms with Crippen molar-refractivity contribution in [1.29, 1.82) is 0 Å². The molecule has 27 N–H and O–H groups in total. The van der Waals surface area contributed by atoms with Gasteiger partial charge in [0, 0.05) is 31.0 Å². The molecule has 0 aliphatic carbocycles. The van der Waals surface area contributed by atoms with Gasteiger partial charge in [-0.25, -0.2) is 4.79 Å². The quantitative estimate of drug-likeness (QED) is 0.0125. The highest BCUT2D eigenvalue weighted by molar-refractivity contribution is 7.80. The minimum Gasteiger partial charge on any atom is -0.481 e. The van der Waals surface area contributed by atoms with Gasteiger partial charge in [0.2, 0.25) is 65.0 Å². The molecule has 91 heavy (non-hydrogen) atoms. The second-order valence-corrected chi connectivity index (χ2v) is 21.3. The van der Waals surface area contributed by atoms with Crippen LogP contribution in [0.3, 0.4) is 0 Å². The van der Waals surface area contributed by atoms with E-state index in [1.54, 1.807) is 44.2 Å². The fourth-order valence-corrected chi connectivity index (χ4v) is 8.51. The average molecular weight is 1330 g/mol. The number of unbranched alkanes of at least 4 members (excludes halogenated alkanes) is 1. The van der Waals surface area contributed by atoms with Crippen molar-refractivity contribution in [2.24, 2.45) is 50.3 Å². The van der Waals surface area contributed by atoms with Gasteiger partial charge in [-0.05, 0) is 63.0 Å². The molecule has 0 aliphatic rings. The maximum atomic E-state index is 13.8. The Kier molecular flexibility index (Phi) is 38.9. The van der Waals surface area contributed by atoms with E-state index in [9.17, 15) is 82.8 Å². The van der Waals surface area contributed by atoms with Gasteiger partial charge in [-0.15, -0.1) is 0 Å². The Balaban J connectivity index is 3.22. The average Bonchev–Trinajstić information content (AvgIpc) is 2.55. The predicted molar refractivity (Wildman–Crippen MR) is 335 cm³/mol. The topological polar surface area (TPSA) is 616 Å². The highest BCUT2D eigenvalue weighted by atomic mass is 32.1. The van der Waals surface area contributed by atoms with E-state index in [4.69, 9.17) is 34.4 Å². The number of rotatable bonds is 45. The number of aliphatic hydroxyl groups excluding tert-OH is 2. The van der Waals surface area contributed by atoms with Crippen molar-refractivity contribution < 1.29 is 82.8 Å². The van der Waals surface area contributed by atoms with Gasteiger partial charge in [-0.1, -0.05) is 50.6 Å². The Bertz CT molecular complexity index is 2660. The number of carboxylic acid groups (broad SMARTS) is 2. The summed E-state index contributed by atoms with van der Waals surface area (Å²) in [5.41, 5.74) is 33.5. The number of aliphatic imine (C=N–C) groups is 2. The second-order valence-electron chi connectivity index (χ2n) is 20.6. The highest BCUT2D eigenvalue weighted by Crippen LogP contribution is 2.09. The molecule has 0 saturated heterocycles. The number of aliphatic hydroxyl groups is 2. The first-order valence-corrected chi connectivity index (χ1v) is 30.1. The molecule has 0 unspecified atom stereocenters. The lowest BCUT2D eigenvalue weighted by molar-refractivity contribution is -0.142. The molecule has 1 aromatic rings. The van der Waals surface area contributed by atoms with Crippen LogP contribution in [0, 0.1) is 5.92 Å². The third-order valence-electron chi connectivity index (χ3n) is 13.4. The van der Waals surface area contributed by atoms with E-state index in [0.29, 0.717) is 24.8 Å². The van der Waals surface area contributed by atoms with Crippen molar-refractivity contribution in [3.05, 3.63) is 35.9 Å². The van der Waals surface area contributed by atoms with Crippen LogP contribution in [-0.4, -0.2) is 227 Å². The van der Waals surface area contributed by atoms with Crippen LogP contribution in [0.5, 0.6) is 0 Å². The SMILES string of the molecule is CC[C@H](C)[C@H](N)C(=O)N[C@@H](CS)C(=O)N[C@@H](CC(=O)O)C(=O)NCC(=O)N[C@@H](Cc1ccccc1)C(=O)N[C@@H](CO)C(=O)N[C@@H](CO)C(=O)N[C@@H](CS)C(=O)N[C@@H](CCCN=C(N)N)C(=O)NCC(=O)N[C@@H](CCCCN)C(=O)N[C@@H](CCCN=C(N)N)C(=O)O. The molecule has 0 saturated carbocycles. The number of guanidine groups is 2. The van der Waals surface area contributed by atoms with Crippen LogP contribution in [0.15, 0.2) is 40.3 Å². The summed E-state index contributed by atoms with van der Waals surface area (Å²) in [6.45, 7) is -0.116. The number of amides is 11. The minimum atomic E-state index is -1.88. The number of hydrogen-bond donors (Lipinski definition) is 23. The molecule has 11 amide bonds. The first kappa shape index (κ1) is 80.4. The van der Waals surface area contributed by atoms with Crippen molar-refractivity contribution >= 4 is 114 Å². The van der Waals surface area contributed by atoms with Crippen LogP contribution in [0.25, 0.3) is 0 Å². The lowest BCUT2D eigenvalue weighted by Crippen LogP contribution is -2.61. The number of carbonyl (C=O) groups excluding carboxylic acids is 11. The van der Waals surface area contributed by atoms with Crippen LogP contribution in [0.2, 0.25) is 0 Å². The number of nitrogens with zero attached hydrogens (tertiary/aromatic N) is 2. The van der Waals surface area contributed by atoms with Gasteiger partial charge in [-0.3, -0.25) is 67.5 Å². The largest absolute Gasteiger partial charge is 0.481 e. The summed E-state index contributed by atoms with van der Waals surface area (Å²) < 4.78 is 0. The van der Waals surface area contributed by atoms with Gasteiger partial charge in [-0.2, -0.15) is 25.3 Å².